The van der Waals surface area contributed by atoms with E-state index in [0.29, 0.717) is 5.41 Å². The van der Waals surface area contributed by atoms with Gasteiger partial charge in [0.25, 0.3) is 0 Å². The molecule has 15 aliphatic carbocycles. The van der Waals surface area contributed by atoms with Crippen molar-refractivity contribution in [3.8, 4) is 0 Å². The topological polar surface area (TPSA) is 13.0 Å². The van der Waals surface area contributed by atoms with E-state index in [0.717, 1.165) is 132 Å². The van der Waals surface area contributed by atoms with E-state index in [9.17, 15) is 0 Å². The van der Waals surface area contributed by atoms with Gasteiger partial charge in [0.15, 0.2) is 0 Å². The Kier molecular flexibility index (Phi) is 20.5. The Balaban J connectivity index is 0.614. The molecule has 482 valence electrons. The zero-order chi connectivity index (χ0) is 56.5. The second kappa shape index (κ2) is 28.6. The molecule has 0 heterocycles. The van der Waals surface area contributed by atoms with Gasteiger partial charge < -0.3 is 0 Å². The maximum Gasteiger partial charge on any atom is 0.0104 e. The van der Waals surface area contributed by atoms with Crippen LogP contribution in [0, 0.1) is 64.6 Å². The fourth-order valence-electron chi connectivity index (χ4n) is 28.6. The number of nitrogens with zero attached hydrogens (tertiary/aromatic N) is 4. The van der Waals surface area contributed by atoms with Crippen LogP contribution in [-0.4, -0.2) is 92.1 Å². The zero-order valence-electron chi connectivity index (χ0n) is 56.0. The van der Waals surface area contributed by atoms with Crippen molar-refractivity contribution in [1.82, 2.24) is 19.6 Å². The van der Waals surface area contributed by atoms with Crippen molar-refractivity contribution in [2.45, 2.75) is 445 Å². The molecule has 0 amide bonds. The van der Waals surface area contributed by atoms with Crippen molar-refractivity contribution < 1.29 is 0 Å². The Morgan fingerprint density at radius 3 is 0.694 bits per heavy atom. The molecule has 0 aromatic rings. The molecule has 0 aromatic heterocycles. The number of hydrogen-bond acceptors (Lipinski definition) is 4. The summed E-state index contributed by atoms with van der Waals surface area (Å²) in [6.07, 6.45) is 89.9. The van der Waals surface area contributed by atoms with E-state index in [2.05, 4.69) is 19.6 Å². The van der Waals surface area contributed by atoms with E-state index < -0.39 is 0 Å². The van der Waals surface area contributed by atoms with Crippen LogP contribution in [0.2, 0.25) is 0 Å². The molecule has 0 bridgehead atoms. The van der Waals surface area contributed by atoms with Crippen LogP contribution < -0.4 is 0 Å². The van der Waals surface area contributed by atoms with Crippen molar-refractivity contribution in [2.24, 2.45) is 64.6 Å². The molecular formula is C81H138N4. The van der Waals surface area contributed by atoms with Crippen LogP contribution in [0.1, 0.15) is 372 Å². The van der Waals surface area contributed by atoms with E-state index in [1.54, 1.807) is 180 Å². The number of hydrogen-bond donors (Lipinski definition) is 0. The molecule has 1 spiro atoms. The highest BCUT2D eigenvalue weighted by Crippen LogP contribution is 2.74. The summed E-state index contributed by atoms with van der Waals surface area (Å²) in [7, 11) is 0. The van der Waals surface area contributed by atoms with Crippen LogP contribution in [0.5, 0.6) is 0 Å². The summed E-state index contributed by atoms with van der Waals surface area (Å²) in [5.41, 5.74) is 0.689. The van der Waals surface area contributed by atoms with Gasteiger partial charge in [0.2, 0.25) is 0 Å². The summed E-state index contributed by atoms with van der Waals surface area (Å²) in [6, 6.07) is 11.0. The maximum absolute atomic E-state index is 3.48. The van der Waals surface area contributed by atoms with Gasteiger partial charge in [-0.3, -0.25) is 19.6 Å². The Bertz CT molecular complexity index is 1820. The normalized spacial score (nSPS) is 44.0. The highest BCUT2D eigenvalue weighted by atomic mass is 15.2. The molecule has 15 fully saturated rings. The minimum absolute atomic E-state index is 0.689. The maximum atomic E-state index is 3.48. The first-order chi connectivity index (χ1) is 42.1. The van der Waals surface area contributed by atoms with Crippen LogP contribution in [0.4, 0.5) is 0 Å². The van der Waals surface area contributed by atoms with Gasteiger partial charge in [0.05, 0.1) is 0 Å². The van der Waals surface area contributed by atoms with Crippen molar-refractivity contribution >= 4 is 0 Å². The van der Waals surface area contributed by atoms with Gasteiger partial charge >= 0.3 is 0 Å². The molecule has 0 N–H and O–H groups in total. The molecule has 15 rings (SSSR count). The van der Waals surface area contributed by atoms with Crippen molar-refractivity contribution in [3.63, 3.8) is 0 Å². The number of rotatable bonds is 14. The van der Waals surface area contributed by atoms with Crippen molar-refractivity contribution in [2.75, 3.05) is 0 Å². The minimum atomic E-state index is 0.689. The van der Waals surface area contributed by atoms with E-state index in [4.69, 9.17) is 0 Å². The Hall–Kier alpha value is -0.160. The van der Waals surface area contributed by atoms with Gasteiger partial charge in [-0.15, -0.1) is 0 Å². The lowest BCUT2D eigenvalue weighted by molar-refractivity contribution is -0.0529. The van der Waals surface area contributed by atoms with Crippen molar-refractivity contribution in [3.05, 3.63) is 0 Å². The third-order valence-electron chi connectivity index (χ3n) is 32.0. The summed E-state index contributed by atoms with van der Waals surface area (Å²) < 4.78 is 0. The van der Waals surface area contributed by atoms with E-state index in [1.807, 2.05) is 0 Å². The first-order valence-electron chi connectivity index (χ1n) is 41.2. The second-order valence-corrected chi connectivity index (χ2v) is 35.6. The Morgan fingerprint density at radius 1 is 0.165 bits per heavy atom. The van der Waals surface area contributed by atoms with Gasteiger partial charge in [-0.1, -0.05) is 135 Å². The molecule has 4 nitrogen and oxygen atoms in total. The van der Waals surface area contributed by atoms with Crippen LogP contribution in [0.3, 0.4) is 0 Å². The fraction of sp³-hybridized carbons (Fsp3) is 1.00. The Labute approximate surface area is 526 Å². The summed E-state index contributed by atoms with van der Waals surface area (Å²) in [5.74, 6) is 10.6. The molecule has 15 aliphatic rings. The van der Waals surface area contributed by atoms with E-state index >= 15 is 0 Å². The predicted octanol–water partition coefficient (Wildman–Crippen LogP) is 21.6. The number of fused-ring (bicyclic) bond motifs is 7. The van der Waals surface area contributed by atoms with Crippen LogP contribution >= 0.6 is 0 Å². The van der Waals surface area contributed by atoms with Gasteiger partial charge in [-0.25, -0.2) is 0 Å². The molecular weight excluding hydrogens is 1030 g/mol. The van der Waals surface area contributed by atoms with Gasteiger partial charge in [0, 0.05) is 72.5 Å². The second-order valence-electron chi connectivity index (χ2n) is 35.6. The van der Waals surface area contributed by atoms with Gasteiger partial charge in [-0.05, 0) is 302 Å². The minimum Gasteiger partial charge on any atom is -0.294 e. The first-order valence-corrected chi connectivity index (χ1v) is 41.2. The van der Waals surface area contributed by atoms with Crippen LogP contribution in [0.25, 0.3) is 0 Å². The fourth-order valence-corrected chi connectivity index (χ4v) is 28.6. The van der Waals surface area contributed by atoms with Gasteiger partial charge in [-0.2, -0.15) is 0 Å². The summed E-state index contributed by atoms with van der Waals surface area (Å²) in [5, 5.41) is 0. The van der Waals surface area contributed by atoms with E-state index in [-0.39, 0.29) is 0 Å². The smallest absolute Gasteiger partial charge is 0.0104 e. The quantitative estimate of drug-likeness (QED) is 0.172. The summed E-state index contributed by atoms with van der Waals surface area (Å²) >= 11 is 0. The van der Waals surface area contributed by atoms with Crippen LogP contribution in [-0.2, 0) is 0 Å². The summed E-state index contributed by atoms with van der Waals surface area (Å²) in [4.78, 5) is 13.5. The average molecular weight is 1170 g/mol. The monoisotopic (exact) mass is 1170 g/mol. The van der Waals surface area contributed by atoms with Gasteiger partial charge in [0.1, 0.15) is 0 Å². The molecule has 0 aromatic carbocycles. The Morgan fingerprint density at radius 2 is 0.400 bits per heavy atom. The molecule has 0 saturated heterocycles. The van der Waals surface area contributed by atoms with Crippen LogP contribution in [0.15, 0.2) is 0 Å². The first kappa shape index (κ1) is 61.0. The largest absolute Gasteiger partial charge is 0.294 e. The third kappa shape index (κ3) is 12.9. The molecule has 0 aliphatic heterocycles. The third-order valence-corrected chi connectivity index (χ3v) is 32.0. The average Bonchev–Trinajstić information content (AvgIpc) is 1.86. The molecule has 4 heteroatoms. The SMILES string of the molecule is C1CCC(N(C2CCCCC2)C2CCC(C3CCC(N(C4CCCCC4)C4CCC5C6CCC(N(C7CCCCC7)C7CCC(C8CCC(N(C9CCCCC9)C9CCCCC9)CC8)CC7)CC6C6(CCC7CCCCC76)C5C4)CC3)CC2)CC1. The lowest BCUT2D eigenvalue weighted by Gasteiger charge is -2.54. The lowest BCUT2D eigenvalue weighted by Crippen LogP contribution is -2.55. The standard InChI is InChI=1S/C81H138N4/c1-7-22-64(23-8-1)82(65-24-9-2-10-25-65)70-43-35-59(36-44-70)61-39-47-72(48-40-61)84(68-30-15-5-16-31-68)74-51-53-76-77-54-52-75(58-80(77)81(79(76)57-74)56-55-63-21-19-20-34-78(63)81)85(69-32-17-6-18-33-69)73-49-41-62(42-50-73)60-37-45-71(46-38-60)83(66-26-11-3-12-27-66)67-28-13-4-14-29-67/h59-80H,1-58H2. The molecule has 85 heavy (non-hydrogen) atoms. The molecule has 0 radical (unpaired) electrons. The molecule has 8 unspecified atom stereocenters. The van der Waals surface area contributed by atoms with Crippen molar-refractivity contribution in [1.29, 1.82) is 0 Å². The highest BCUT2D eigenvalue weighted by molar-refractivity contribution is 5.17. The lowest BCUT2D eigenvalue weighted by atomic mass is 9.56. The molecule has 15 saturated carbocycles. The zero-order valence-corrected chi connectivity index (χ0v) is 56.0. The summed E-state index contributed by atoms with van der Waals surface area (Å²) in [6.45, 7) is 0. The highest BCUT2D eigenvalue weighted by Gasteiger charge is 2.68. The van der Waals surface area contributed by atoms with E-state index in [1.165, 1.54) is 193 Å². The molecule has 8 atom stereocenters. The predicted molar refractivity (Wildman–Crippen MR) is 358 cm³/mol.